The first-order chi connectivity index (χ1) is 25.9. The molecule has 2 fully saturated rings. The number of amides is 2. The molecule has 0 spiro atoms. The van der Waals surface area contributed by atoms with E-state index in [0.717, 1.165) is 12.8 Å². The molecule has 7 atom stereocenters. The molecule has 19 nitrogen and oxygen atoms in total. The molecule has 2 saturated heterocycles. The van der Waals surface area contributed by atoms with E-state index < -0.39 is 76.5 Å². The highest BCUT2D eigenvalue weighted by atomic mass is 31.2. The van der Waals surface area contributed by atoms with Crippen molar-refractivity contribution in [3.05, 3.63) is 12.3 Å². The molecule has 0 aromatic heterocycles. The van der Waals surface area contributed by atoms with Gasteiger partial charge in [-0.2, -0.15) is 15.4 Å². The Morgan fingerprint density at radius 3 is 1.91 bits per heavy atom. The van der Waals surface area contributed by atoms with E-state index in [4.69, 9.17) is 56.6 Å². The monoisotopic (exact) mass is 819 g/mol. The number of aliphatic imine (C=N–C) groups is 1. The number of nitriles is 2. The molecule has 2 amide bonds. The van der Waals surface area contributed by atoms with E-state index in [1.54, 1.807) is 46.4 Å². The van der Waals surface area contributed by atoms with Crippen molar-refractivity contribution in [1.82, 2.24) is 9.80 Å². The maximum Gasteiger partial charge on any atom is 0.475 e. The Labute approximate surface area is 323 Å². The Morgan fingerprint density at radius 2 is 1.38 bits per heavy atom. The summed E-state index contributed by atoms with van der Waals surface area (Å²) >= 11 is 0. The highest BCUT2D eigenvalue weighted by Crippen LogP contribution is 2.54. The van der Waals surface area contributed by atoms with E-state index in [9.17, 15) is 18.7 Å². The highest BCUT2D eigenvalue weighted by molar-refractivity contribution is 7.48. The molecule has 0 saturated carbocycles. The Kier molecular flexibility index (Phi) is 17.7. The zero-order valence-corrected chi connectivity index (χ0v) is 34.7. The van der Waals surface area contributed by atoms with E-state index in [-0.39, 0.29) is 51.5 Å². The average Bonchev–Trinajstić information content (AvgIpc) is 3.75. The fourth-order valence-corrected chi connectivity index (χ4v) is 7.46. The van der Waals surface area contributed by atoms with Crippen molar-refractivity contribution < 1.29 is 64.8 Å². The van der Waals surface area contributed by atoms with Gasteiger partial charge in [-0.1, -0.05) is 26.7 Å². The second-order valence-corrected chi connectivity index (χ2v) is 17.8. The predicted molar refractivity (Wildman–Crippen MR) is 195 cm³/mol. The molecule has 0 N–H and O–H groups in total. The van der Waals surface area contributed by atoms with Crippen LogP contribution < -0.4 is 0 Å². The smallest absolute Gasteiger partial charge is 0.443 e. The van der Waals surface area contributed by atoms with Gasteiger partial charge >= 0.3 is 27.8 Å². The maximum atomic E-state index is 13.9. The van der Waals surface area contributed by atoms with Crippen molar-refractivity contribution in [2.24, 2.45) is 4.99 Å². The van der Waals surface area contributed by atoms with Crippen LogP contribution >= 0.6 is 15.6 Å². The van der Waals surface area contributed by atoms with Gasteiger partial charge in [-0.3, -0.25) is 27.1 Å². The quantitative estimate of drug-likeness (QED) is 0.0666. The van der Waals surface area contributed by atoms with Crippen LogP contribution in [0.15, 0.2) is 17.3 Å². The van der Waals surface area contributed by atoms with Crippen molar-refractivity contribution in [3.63, 3.8) is 0 Å². The lowest BCUT2D eigenvalue weighted by atomic mass is 10.2. The fourth-order valence-electron chi connectivity index (χ4n) is 4.82. The number of imide groups is 1. The van der Waals surface area contributed by atoms with Crippen molar-refractivity contribution in [2.45, 2.75) is 142 Å². The van der Waals surface area contributed by atoms with Gasteiger partial charge in [0.1, 0.15) is 35.5 Å². The molecular formula is C34H55N5O14P2. The standard InChI is InChI=1S/C34H55N5O14P2/c1-9-11-19-44-54(42,45-21-13-16-35)48-24-26-25(53-55(43,46-20-12-10-2)47-22-14-17-36)23-28(49-26)38-18-15-27(37-29-30(38)50-29)39(31(40)51-33(3,4)5)32(41)52-34(6,7)8/h15,18,25-26,28-30H,9-14,19-24H2,1-8H3/t25-,26+,28+,29?,30?,54?,55?/m0/s1. The first-order valence-corrected chi connectivity index (χ1v) is 21.2. The average molecular weight is 820 g/mol. The molecule has 55 heavy (non-hydrogen) atoms. The van der Waals surface area contributed by atoms with Gasteiger partial charge in [-0.15, -0.1) is 0 Å². The molecule has 310 valence electrons. The molecule has 3 aliphatic heterocycles. The fraction of sp³-hybridized carbons (Fsp3) is 0.794. The van der Waals surface area contributed by atoms with Crippen LogP contribution in [0.1, 0.15) is 100 Å². The number of ether oxygens (including phenoxy) is 4. The van der Waals surface area contributed by atoms with E-state index >= 15 is 0 Å². The number of unbranched alkanes of at least 4 members (excludes halogenated alkanes) is 2. The molecule has 3 heterocycles. The van der Waals surface area contributed by atoms with Gasteiger partial charge < -0.3 is 23.8 Å². The summed E-state index contributed by atoms with van der Waals surface area (Å²) in [5.74, 6) is -0.122. The summed E-state index contributed by atoms with van der Waals surface area (Å²) in [6.07, 6.45) is -1.30. The summed E-state index contributed by atoms with van der Waals surface area (Å²) < 4.78 is 84.3. The van der Waals surface area contributed by atoms with E-state index in [1.165, 1.54) is 12.3 Å². The number of carbonyl (C=O) groups excluding carboxylic acids is 2. The SMILES string of the molecule is CCCCOP(=O)(OCCC#N)OC[C@H]1O[C@@H](N2C=CC(N(C(=O)OC(C)(C)C)C(=O)OC(C)(C)C)=NC3OC32)C[C@@H]1OP(=O)(OCCC#N)OCCCC. The topological polar surface area (TPSA) is 230 Å². The minimum Gasteiger partial charge on any atom is -0.443 e. The summed E-state index contributed by atoms with van der Waals surface area (Å²) in [5.41, 5.74) is -1.91. The predicted octanol–water partition coefficient (Wildman–Crippen LogP) is 7.30. The number of phosphoric ester groups is 2. The molecule has 0 bridgehead atoms. The Bertz CT molecular complexity index is 1510. The van der Waals surface area contributed by atoms with Crippen molar-refractivity contribution in [2.75, 3.05) is 33.0 Å². The molecule has 0 aliphatic carbocycles. The zero-order chi connectivity index (χ0) is 40.9. The number of amidine groups is 1. The lowest BCUT2D eigenvalue weighted by molar-refractivity contribution is -0.0753. The number of nitrogens with zero attached hydrogens (tertiary/aromatic N) is 5. The van der Waals surface area contributed by atoms with Gasteiger partial charge in [0.25, 0.3) is 0 Å². The lowest BCUT2D eigenvalue weighted by Gasteiger charge is -2.28. The summed E-state index contributed by atoms with van der Waals surface area (Å²) in [5, 5.41) is 18.0. The molecule has 0 radical (unpaired) electrons. The first-order valence-electron chi connectivity index (χ1n) is 18.3. The minimum atomic E-state index is -4.29. The minimum absolute atomic E-state index is 0.00114. The Balaban J connectivity index is 1.93. The summed E-state index contributed by atoms with van der Waals surface area (Å²) in [6, 6.07) is 3.83. The van der Waals surface area contributed by atoms with Crippen LogP contribution in [0.5, 0.6) is 0 Å². The van der Waals surface area contributed by atoms with Crippen LogP contribution in [0.4, 0.5) is 9.59 Å². The van der Waals surface area contributed by atoms with Crippen LogP contribution in [0.25, 0.3) is 0 Å². The third-order valence-corrected chi connectivity index (χ3v) is 10.4. The zero-order valence-electron chi connectivity index (χ0n) is 32.9. The highest BCUT2D eigenvalue weighted by Gasteiger charge is 2.53. The van der Waals surface area contributed by atoms with Gasteiger partial charge in [0, 0.05) is 12.6 Å². The maximum absolute atomic E-state index is 13.9. The molecule has 21 heteroatoms. The molecule has 0 aromatic carbocycles. The molecule has 0 aromatic rings. The molecule has 4 unspecified atom stereocenters. The third kappa shape index (κ3) is 15.5. The van der Waals surface area contributed by atoms with Gasteiger partial charge in [-0.05, 0) is 60.5 Å². The van der Waals surface area contributed by atoms with Gasteiger partial charge in [0.2, 0.25) is 0 Å². The summed E-state index contributed by atoms with van der Waals surface area (Å²) in [6.45, 7) is 13.0. The van der Waals surface area contributed by atoms with Crippen LogP contribution in [-0.4, -0.2) is 103 Å². The van der Waals surface area contributed by atoms with E-state index in [2.05, 4.69) is 4.99 Å². The number of hydrogen-bond acceptors (Lipinski definition) is 18. The number of phosphoric acid groups is 2. The summed E-state index contributed by atoms with van der Waals surface area (Å²) in [4.78, 5) is 33.4. The number of fused-ring (bicyclic) bond motifs is 1. The van der Waals surface area contributed by atoms with E-state index in [0.29, 0.717) is 17.7 Å². The third-order valence-electron chi connectivity index (χ3n) is 7.37. The normalized spacial score (nSPS) is 24.3. The number of hydrogen-bond donors (Lipinski definition) is 0. The Hall–Kier alpha value is -2.93. The van der Waals surface area contributed by atoms with Crippen LogP contribution in [0, 0.1) is 22.7 Å². The van der Waals surface area contributed by atoms with Crippen molar-refractivity contribution in [3.8, 4) is 12.1 Å². The molecule has 3 rings (SSSR count). The number of epoxide rings is 1. The summed E-state index contributed by atoms with van der Waals surface area (Å²) in [7, 11) is -8.49. The lowest BCUT2D eigenvalue weighted by Crippen LogP contribution is -2.46. The number of carbonyl (C=O) groups is 2. The van der Waals surface area contributed by atoms with Gasteiger partial charge in [0.15, 0.2) is 12.5 Å². The van der Waals surface area contributed by atoms with Crippen molar-refractivity contribution >= 4 is 33.7 Å². The van der Waals surface area contributed by atoms with Crippen molar-refractivity contribution in [1.29, 1.82) is 10.5 Å². The van der Waals surface area contributed by atoms with Crippen LogP contribution in [-0.2, 0) is 55.2 Å². The first kappa shape index (κ1) is 46.5. The largest absolute Gasteiger partial charge is 0.475 e. The van der Waals surface area contributed by atoms with E-state index in [1.807, 2.05) is 26.0 Å². The molecular weight excluding hydrogens is 764 g/mol. The molecule has 3 aliphatic rings. The second-order valence-electron chi connectivity index (χ2n) is 14.5. The van der Waals surface area contributed by atoms with Crippen LogP contribution in [0.2, 0.25) is 0 Å². The van der Waals surface area contributed by atoms with Crippen LogP contribution in [0.3, 0.4) is 0 Å². The second kappa shape index (κ2) is 21.0. The van der Waals surface area contributed by atoms with Gasteiger partial charge in [0.05, 0.1) is 58.0 Å². The number of rotatable bonds is 20. The Morgan fingerprint density at radius 1 is 0.855 bits per heavy atom. The van der Waals surface area contributed by atoms with Gasteiger partial charge in [-0.25, -0.2) is 23.7 Å².